The van der Waals surface area contributed by atoms with Crippen molar-refractivity contribution in [1.82, 2.24) is 5.32 Å². The fraction of sp³-hybridized carbons (Fsp3) is 0.625. The quantitative estimate of drug-likeness (QED) is 0.807. The molecule has 4 heteroatoms. The summed E-state index contributed by atoms with van der Waals surface area (Å²) < 4.78 is 10.9. The molecule has 0 radical (unpaired) electrons. The third-order valence-corrected chi connectivity index (χ3v) is 2.95. The number of aliphatic hydroxyl groups excluding tert-OH is 1. The minimum absolute atomic E-state index is 0.0770. The molecule has 1 rings (SSSR count). The largest absolute Gasteiger partial charge is 0.493 e. The Balaban J connectivity index is 2.70. The van der Waals surface area contributed by atoms with Gasteiger partial charge in [0.2, 0.25) is 0 Å². The van der Waals surface area contributed by atoms with Crippen LogP contribution >= 0.6 is 0 Å². The van der Waals surface area contributed by atoms with Crippen LogP contribution in [0.2, 0.25) is 0 Å². The molecular formula is C16H27NO3. The van der Waals surface area contributed by atoms with E-state index in [2.05, 4.69) is 26.1 Å². The van der Waals surface area contributed by atoms with Crippen molar-refractivity contribution in [2.45, 2.75) is 52.3 Å². The van der Waals surface area contributed by atoms with E-state index in [9.17, 15) is 5.11 Å². The summed E-state index contributed by atoms with van der Waals surface area (Å²) in [5, 5.41) is 13.0. The van der Waals surface area contributed by atoms with Crippen LogP contribution in [0.3, 0.4) is 0 Å². The minimum atomic E-state index is -0.443. The third-order valence-electron chi connectivity index (χ3n) is 2.95. The predicted octanol–water partition coefficient (Wildman–Crippen LogP) is 2.73. The highest BCUT2D eigenvalue weighted by molar-refractivity contribution is 5.43. The molecule has 1 aromatic carbocycles. The molecule has 0 heterocycles. The zero-order valence-electron chi connectivity index (χ0n) is 13.2. The molecule has 4 nitrogen and oxygen atoms in total. The first kappa shape index (κ1) is 16.8. The molecule has 0 saturated carbocycles. The Kier molecular flexibility index (Phi) is 6.30. The molecule has 0 spiro atoms. The third kappa shape index (κ3) is 5.80. The molecule has 114 valence electrons. The van der Waals surface area contributed by atoms with Crippen molar-refractivity contribution in [1.29, 1.82) is 0 Å². The summed E-state index contributed by atoms with van der Waals surface area (Å²) in [5.41, 5.74) is 1.22. The lowest BCUT2D eigenvalue weighted by Crippen LogP contribution is -2.35. The van der Waals surface area contributed by atoms with Gasteiger partial charge >= 0.3 is 0 Å². The van der Waals surface area contributed by atoms with Crippen LogP contribution in [-0.2, 0) is 6.54 Å². The maximum atomic E-state index is 9.54. The number of benzene rings is 1. The SMILES string of the molecule is CCC(O)COc1ccc(CNC(C)(C)C)cc1OC. The van der Waals surface area contributed by atoms with Gasteiger partial charge in [-0.3, -0.25) is 0 Å². The van der Waals surface area contributed by atoms with E-state index >= 15 is 0 Å². The molecule has 2 N–H and O–H groups in total. The lowest BCUT2D eigenvalue weighted by molar-refractivity contribution is 0.102. The zero-order chi connectivity index (χ0) is 15.2. The first-order valence-electron chi connectivity index (χ1n) is 7.08. The van der Waals surface area contributed by atoms with Crippen molar-refractivity contribution >= 4 is 0 Å². The average Bonchev–Trinajstić information content (AvgIpc) is 2.41. The molecule has 0 aliphatic heterocycles. The molecule has 0 aliphatic rings. The normalized spacial score (nSPS) is 13.1. The summed E-state index contributed by atoms with van der Waals surface area (Å²) in [6.07, 6.45) is 0.234. The van der Waals surface area contributed by atoms with Gasteiger partial charge in [-0.15, -0.1) is 0 Å². The Bertz CT molecular complexity index is 413. The average molecular weight is 281 g/mol. The van der Waals surface area contributed by atoms with Crippen LogP contribution in [0.15, 0.2) is 18.2 Å². The van der Waals surface area contributed by atoms with Gasteiger partial charge in [0.1, 0.15) is 6.61 Å². The van der Waals surface area contributed by atoms with E-state index in [0.29, 0.717) is 17.9 Å². The highest BCUT2D eigenvalue weighted by Gasteiger charge is 2.11. The summed E-state index contributed by atoms with van der Waals surface area (Å²) in [6, 6.07) is 5.86. The van der Waals surface area contributed by atoms with Crippen molar-refractivity contribution in [2.75, 3.05) is 13.7 Å². The summed E-state index contributed by atoms with van der Waals surface area (Å²) in [7, 11) is 1.62. The van der Waals surface area contributed by atoms with Gasteiger partial charge in [-0.2, -0.15) is 0 Å². The summed E-state index contributed by atoms with van der Waals surface area (Å²) in [5.74, 6) is 1.36. The minimum Gasteiger partial charge on any atom is -0.493 e. The Morgan fingerprint density at radius 2 is 1.95 bits per heavy atom. The number of hydrogen-bond donors (Lipinski definition) is 2. The number of ether oxygens (including phenoxy) is 2. The Labute approximate surface area is 122 Å². The van der Waals surface area contributed by atoms with Crippen LogP contribution in [0.1, 0.15) is 39.7 Å². The van der Waals surface area contributed by atoms with Gasteiger partial charge in [0.05, 0.1) is 13.2 Å². The van der Waals surface area contributed by atoms with Crippen LogP contribution in [0.25, 0.3) is 0 Å². The molecule has 0 amide bonds. The first-order valence-corrected chi connectivity index (χ1v) is 7.08. The van der Waals surface area contributed by atoms with Crippen LogP contribution in [0.5, 0.6) is 11.5 Å². The van der Waals surface area contributed by atoms with E-state index in [1.807, 2.05) is 25.1 Å². The van der Waals surface area contributed by atoms with Gasteiger partial charge < -0.3 is 19.9 Å². The van der Waals surface area contributed by atoms with Crippen molar-refractivity contribution in [3.63, 3.8) is 0 Å². The van der Waals surface area contributed by atoms with E-state index in [0.717, 1.165) is 12.1 Å². The number of nitrogens with one attached hydrogen (secondary N) is 1. The number of hydrogen-bond acceptors (Lipinski definition) is 4. The lowest BCUT2D eigenvalue weighted by atomic mass is 10.1. The van der Waals surface area contributed by atoms with Gasteiger partial charge in [0, 0.05) is 12.1 Å². The van der Waals surface area contributed by atoms with Crippen LogP contribution in [0.4, 0.5) is 0 Å². The lowest BCUT2D eigenvalue weighted by Gasteiger charge is -2.21. The van der Waals surface area contributed by atoms with E-state index in [4.69, 9.17) is 9.47 Å². The molecular weight excluding hydrogens is 254 g/mol. The Hall–Kier alpha value is -1.26. The molecule has 20 heavy (non-hydrogen) atoms. The second-order valence-electron chi connectivity index (χ2n) is 5.96. The Morgan fingerprint density at radius 1 is 1.25 bits per heavy atom. The van der Waals surface area contributed by atoms with E-state index in [1.54, 1.807) is 7.11 Å². The Morgan fingerprint density at radius 3 is 2.50 bits per heavy atom. The van der Waals surface area contributed by atoms with E-state index < -0.39 is 6.10 Å². The van der Waals surface area contributed by atoms with E-state index in [-0.39, 0.29) is 12.1 Å². The number of methoxy groups -OCH3 is 1. The molecule has 1 aromatic rings. The zero-order valence-corrected chi connectivity index (χ0v) is 13.2. The van der Waals surface area contributed by atoms with E-state index in [1.165, 1.54) is 0 Å². The summed E-state index contributed by atoms with van der Waals surface area (Å²) in [6.45, 7) is 9.38. The van der Waals surface area contributed by atoms with Gasteiger partial charge in [-0.25, -0.2) is 0 Å². The van der Waals surface area contributed by atoms with Crippen LogP contribution in [-0.4, -0.2) is 30.5 Å². The molecule has 0 fully saturated rings. The second-order valence-corrected chi connectivity index (χ2v) is 5.96. The molecule has 0 aliphatic carbocycles. The monoisotopic (exact) mass is 281 g/mol. The molecule has 1 unspecified atom stereocenters. The molecule has 0 aromatic heterocycles. The number of rotatable bonds is 7. The molecule has 0 saturated heterocycles. The summed E-state index contributed by atoms with van der Waals surface area (Å²) >= 11 is 0. The smallest absolute Gasteiger partial charge is 0.161 e. The highest BCUT2D eigenvalue weighted by atomic mass is 16.5. The summed E-state index contributed by atoms with van der Waals surface area (Å²) in [4.78, 5) is 0. The fourth-order valence-corrected chi connectivity index (χ4v) is 1.61. The van der Waals surface area contributed by atoms with Gasteiger partial charge in [-0.05, 0) is 44.9 Å². The maximum absolute atomic E-state index is 9.54. The maximum Gasteiger partial charge on any atom is 0.161 e. The van der Waals surface area contributed by atoms with Crippen molar-refractivity contribution in [3.8, 4) is 11.5 Å². The van der Waals surface area contributed by atoms with Crippen molar-refractivity contribution < 1.29 is 14.6 Å². The fourth-order valence-electron chi connectivity index (χ4n) is 1.61. The second kappa shape index (κ2) is 7.50. The predicted molar refractivity (Wildman–Crippen MR) is 81.4 cm³/mol. The first-order chi connectivity index (χ1) is 9.35. The van der Waals surface area contributed by atoms with Crippen molar-refractivity contribution in [2.24, 2.45) is 0 Å². The highest BCUT2D eigenvalue weighted by Crippen LogP contribution is 2.28. The standard InChI is InChI=1S/C16H27NO3/c1-6-13(18)11-20-14-8-7-12(9-15(14)19-5)10-17-16(2,3)4/h7-9,13,17-18H,6,10-11H2,1-5H3. The van der Waals surface area contributed by atoms with Crippen LogP contribution < -0.4 is 14.8 Å². The van der Waals surface area contributed by atoms with Crippen LogP contribution in [0, 0.1) is 0 Å². The van der Waals surface area contributed by atoms with Gasteiger partial charge in [0.15, 0.2) is 11.5 Å². The topological polar surface area (TPSA) is 50.7 Å². The number of aliphatic hydroxyl groups is 1. The van der Waals surface area contributed by atoms with Gasteiger partial charge in [0.25, 0.3) is 0 Å². The molecule has 0 bridgehead atoms. The van der Waals surface area contributed by atoms with Gasteiger partial charge in [-0.1, -0.05) is 13.0 Å². The molecule has 1 atom stereocenters. The van der Waals surface area contributed by atoms with Crippen molar-refractivity contribution in [3.05, 3.63) is 23.8 Å².